The molecule has 1 aliphatic heterocycles. The van der Waals surface area contributed by atoms with Crippen LogP contribution >= 0.6 is 11.3 Å². The van der Waals surface area contributed by atoms with Gasteiger partial charge in [-0.15, -0.1) is 11.3 Å². The molecular formula is C24H27N3O2S. The number of carbonyl (C=O) groups excluding carboxylic acids is 1. The van der Waals surface area contributed by atoms with Crippen molar-refractivity contribution >= 4 is 17.2 Å². The lowest BCUT2D eigenvalue weighted by Crippen LogP contribution is -2.50. The van der Waals surface area contributed by atoms with Crippen molar-refractivity contribution < 1.29 is 9.53 Å². The maximum atomic E-state index is 13.1. The molecule has 2 heterocycles. The van der Waals surface area contributed by atoms with Gasteiger partial charge in [-0.1, -0.05) is 18.2 Å². The highest BCUT2D eigenvalue weighted by molar-refractivity contribution is 7.17. The van der Waals surface area contributed by atoms with E-state index in [-0.39, 0.29) is 5.91 Å². The lowest BCUT2D eigenvalue weighted by Gasteiger charge is -2.36. The summed E-state index contributed by atoms with van der Waals surface area (Å²) >= 11 is 1.47. The summed E-state index contributed by atoms with van der Waals surface area (Å²) in [5.74, 6) is 1.68. The van der Waals surface area contributed by atoms with Crippen LogP contribution in [0.3, 0.4) is 0 Å². The highest BCUT2D eigenvalue weighted by Gasteiger charge is 2.26. The minimum absolute atomic E-state index is 0.101. The average molecular weight is 422 g/mol. The van der Waals surface area contributed by atoms with Crippen molar-refractivity contribution in [2.45, 2.75) is 26.8 Å². The molecule has 1 fully saturated rings. The monoisotopic (exact) mass is 421 g/mol. The van der Waals surface area contributed by atoms with E-state index >= 15 is 0 Å². The lowest BCUT2D eigenvalue weighted by atomic mass is 10.2. The van der Waals surface area contributed by atoms with E-state index in [1.807, 2.05) is 66.4 Å². The molecule has 0 radical (unpaired) electrons. The van der Waals surface area contributed by atoms with Crippen molar-refractivity contribution in [1.82, 2.24) is 14.8 Å². The van der Waals surface area contributed by atoms with E-state index in [0.29, 0.717) is 6.04 Å². The second-order valence-corrected chi connectivity index (χ2v) is 8.79. The number of nitrogens with zero attached hydrogens (tertiary/aromatic N) is 3. The molecule has 2 aromatic carbocycles. The number of rotatable bonds is 5. The van der Waals surface area contributed by atoms with Crippen LogP contribution in [-0.2, 0) is 0 Å². The molecule has 1 saturated heterocycles. The smallest absolute Gasteiger partial charge is 0.265 e. The van der Waals surface area contributed by atoms with Crippen molar-refractivity contribution in [3.63, 3.8) is 0 Å². The van der Waals surface area contributed by atoms with Crippen molar-refractivity contribution in [3.8, 4) is 22.1 Å². The summed E-state index contributed by atoms with van der Waals surface area (Å²) in [5.41, 5.74) is 1.79. The molecule has 0 saturated carbocycles. The van der Waals surface area contributed by atoms with Gasteiger partial charge in [-0.25, -0.2) is 4.98 Å². The molecule has 3 aromatic rings. The largest absolute Gasteiger partial charge is 0.457 e. The van der Waals surface area contributed by atoms with Crippen LogP contribution in [0.4, 0.5) is 0 Å². The molecule has 0 atom stereocenters. The van der Waals surface area contributed by atoms with E-state index in [0.717, 1.165) is 58.8 Å². The SMILES string of the molecule is Cc1nc(-c2ccc(Oc3ccccc3)cc2)sc1C(=O)N1CCN(C(C)C)CC1. The molecule has 1 aliphatic rings. The minimum atomic E-state index is 0.101. The molecule has 5 nitrogen and oxygen atoms in total. The van der Waals surface area contributed by atoms with Gasteiger partial charge in [-0.2, -0.15) is 0 Å². The second kappa shape index (κ2) is 8.98. The molecule has 6 heteroatoms. The number of piperazine rings is 1. The van der Waals surface area contributed by atoms with E-state index in [2.05, 4.69) is 23.7 Å². The van der Waals surface area contributed by atoms with Crippen molar-refractivity contribution in [2.75, 3.05) is 26.2 Å². The molecule has 156 valence electrons. The normalized spacial score (nSPS) is 14.9. The number of ether oxygens (including phenoxy) is 1. The molecule has 1 amide bonds. The molecule has 1 aromatic heterocycles. The quantitative estimate of drug-likeness (QED) is 0.577. The number of thiazole rings is 1. The Balaban J connectivity index is 1.45. The summed E-state index contributed by atoms with van der Waals surface area (Å²) in [7, 11) is 0. The van der Waals surface area contributed by atoms with Crippen molar-refractivity contribution in [3.05, 3.63) is 65.2 Å². The van der Waals surface area contributed by atoms with Crippen molar-refractivity contribution in [1.29, 1.82) is 0 Å². The van der Waals surface area contributed by atoms with E-state index in [4.69, 9.17) is 4.74 Å². The lowest BCUT2D eigenvalue weighted by molar-refractivity contribution is 0.0599. The van der Waals surface area contributed by atoms with E-state index < -0.39 is 0 Å². The van der Waals surface area contributed by atoms with Crippen LogP contribution in [0, 0.1) is 6.92 Å². The number of para-hydroxylation sites is 1. The third-order valence-electron chi connectivity index (χ3n) is 5.40. The van der Waals surface area contributed by atoms with Gasteiger partial charge in [0.1, 0.15) is 21.4 Å². The van der Waals surface area contributed by atoms with Crippen LogP contribution in [0.2, 0.25) is 0 Å². The van der Waals surface area contributed by atoms with E-state index in [9.17, 15) is 4.79 Å². The fourth-order valence-corrected chi connectivity index (χ4v) is 4.63. The first-order chi connectivity index (χ1) is 14.5. The Morgan fingerprint density at radius 1 is 0.967 bits per heavy atom. The van der Waals surface area contributed by atoms with Gasteiger partial charge in [0, 0.05) is 37.8 Å². The number of hydrogen-bond acceptors (Lipinski definition) is 5. The predicted molar refractivity (Wildman–Crippen MR) is 121 cm³/mol. The third kappa shape index (κ3) is 4.55. The van der Waals surface area contributed by atoms with Crippen LogP contribution in [-0.4, -0.2) is 52.9 Å². The highest BCUT2D eigenvalue weighted by atomic mass is 32.1. The number of hydrogen-bond donors (Lipinski definition) is 0. The molecule has 0 spiro atoms. The van der Waals surface area contributed by atoms with E-state index in [1.165, 1.54) is 11.3 Å². The fourth-order valence-electron chi connectivity index (χ4n) is 3.59. The Labute approximate surface area is 181 Å². The zero-order chi connectivity index (χ0) is 21.1. The molecule has 0 N–H and O–H groups in total. The maximum absolute atomic E-state index is 13.1. The molecule has 30 heavy (non-hydrogen) atoms. The molecular weight excluding hydrogens is 394 g/mol. The van der Waals surface area contributed by atoms with E-state index in [1.54, 1.807) is 0 Å². The summed E-state index contributed by atoms with van der Waals surface area (Å²) < 4.78 is 5.86. The van der Waals surface area contributed by atoms with Gasteiger partial charge in [-0.05, 0) is 57.2 Å². The van der Waals surface area contributed by atoms with Gasteiger partial charge in [0.25, 0.3) is 5.91 Å². The number of aryl methyl sites for hydroxylation is 1. The Morgan fingerprint density at radius 3 is 2.23 bits per heavy atom. The zero-order valence-corrected chi connectivity index (χ0v) is 18.5. The number of aromatic nitrogens is 1. The van der Waals surface area contributed by atoms with Crippen LogP contribution in [0.1, 0.15) is 29.2 Å². The first kappa shape index (κ1) is 20.6. The first-order valence-corrected chi connectivity index (χ1v) is 11.2. The zero-order valence-electron chi connectivity index (χ0n) is 17.7. The summed E-state index contributed by atoms with van der Waals surface area (Å²) in [5, 5.41) is 0.864. The van der Waals surface area contributed by atoms with Crippen LogP contribution in [0.5, 0.6) is 11.5 Å². The third-order valence-corrected chi connectivity index (χ3v) is 6.60. The highest BCUT2D eigenvalue weighted by Crippen LogP contribution is 2.31. The molecule has 0 aliphatic carbocycles. The molecule has 4 rings (SSSR count). The van der Waals surface area contributed by atoms with Gasteiger partial charge >= 0.3 is 0 Å². The Morgan fingerprint density at radius 2 is 1.60 bits per heavy atom. The van der Waals surface area contributed by atoms with Gasteiger partial charge in [0.15, 0.2) is 0 Å². The summed E-state index contributed by atoms with van der Waals surface area (Å²) in [6, 6.07) is 18.1. The minimum Gasteiger partial charge on any atom is -0.457 e. The fraction of sp³-hybridized carbons (Fsp3) is 0.333. The van der Waals surface area contributed by atoms with Gasteiger partial charge in [0.05, 0.1) is 5.69 Å². The first-order valence-electron chi connectivity index (χ1n) is 10.4. The van der Waals surface area contributed by atoms with Gasteiger partial charge < -0.3 is 9.64 Å². The Bertz CT molecular complexity index is 991. The van der Waals surface area contributed by atoms with Crippen LogP contribution in [0.25, 0.3) is 10.6 Å². The van der Waals surface area contributed by atoms with Gasteiger partial charge in [0.2, 0.25) is 0 Å². The second-order valence-electron chi connectivity index (χ2n) is 7.79. The van der Waals surface area contributed by atoms with Gasteiger partial charge in [-0.3, -0.25) is 9.69 Å². The Hall–Kier alpha value is -2.70. The molecule has 0 unspecified atom stereocenters. The summed E-state index contributed by atoms with van der Waals surface area (Å²) in [6.45, 7) is 9.73. The van der Waals surface area contributed by atoms with Crippen LogP contribution in [0.15, 0.2) is 54.6 Å². The van der Waals surface area contributed by atoms with Crippen LogP contribution < -0.4 is 4.74 Å². The maximum Gasteiger partial charge on any atom is 0.265 e. The average Bonchev–Trinajstić information content (AvgIpc) is 3.16. The molecule has 0 bridgehead atoms. The number of carbonyl (C=O) groups is 1. The summed E-state index contributed by atoms with van der Waals surface area (Å²) in [6.07, 6.45) is 0. The topological polar surface area (TPSA) is 45.7 Å². The predicted octanol–water partition coefficient (Wildman–Crippen LogP) is 5.08. The van der Waals surface area contributed by atoms with Crippen molar-refractivity contribution in [2.24, 2.45) is 0 Å². The standard InChI is InChI=1S/C24H27N3O2S/c1-17(2)26-13-15-27(16-14-26)24(28)22-18(3)25-23(30-22)19-9-11-21(12-10-19)29-20-7-5-4-6-8-20/h4-12,17H,13-16H2,1-3H3. The Kier molecular flexibility index (Phi) is 6.16. The number of amides is 1. The number of benzene rings is 2. The summed E-state index contributed by atoms with van der Waals surface area (Å²) in [4.78, 5) is 22.8.